The third kappa shape index (κ3) is 2.47. The topological polar surface area (TPSA) is 57.7 Å². The first kappa shape index (κ1) is 17.6. The first-order chi connectivity index (χ1) is 14.1. The summed E-state index contributed by atoms with van der Waals surface area (Å²) in [6.45, 7) is 0.482. The van der Waals surface area contributed by atoms with E-state index >= 15 is 0 Å². The van der Waals surface area contributed by atoms with Crippen molar-refractivity contribution < 1.29 is 14.4 Å². The Kier molecular flexibility index (Phi) is 3.87. The Morgan fingerprint density at radius 2 is 1.79 bits per heavy atom. The number of likely N-dealkylation sites (tertiary alicyclic amines) is 1. The van der Waals surface area contributed by atoms with E-state index in [1.54, 1.807) is 22.7 Å². The molecule has 0 aromatic carbocycles. The molecule has 2 aromatic heterocycles. The standard InChI is InChI=1S/C22H20N2O3S2/c25-17(11-24-21(26)18-12-3-4-13(10-12)19(18)22(24)27)23-7-5-15-14(6-9-29-15)20(23)16-2-1-8-28-16/h1-4,6,8-9,12-13,18-20H,5,7,10-11H2. The largest absolute Gasteiger partial charge is 0.329 e. The van der Waals surface area contributed by atoms with Crippen LogP contribution in [0.2, 0.25) is 0 Å². The van der Waals surface area contributed by atoms with Crippen molar-refractivity contribution in [2.45, 2.75) is 18.9 Å². The maximum Gasteiger partial charge on any atom is 0.243 e. The normalized spacial score (nSPS) is 32.2. The number of imide groups is 1. The van der Waals surface area contributed by atoms with Crippen molar-refractivity contribution in [2.75, 3.05) is 13.1 Å². The van der Waals surface area contributed by atoms with Gasteiger partial charge in [0.25, 0.3) is 0 Å². The number of hydrogen-bond acceptors (Lipinski definition) is 5. The minimum Gasteiger partial charge on any atom is -0.329 e. The third-order valence-electron chi connectivity index (χ3n) is 6.95. The van der Waals surface area contributed by atoms with Gasteiger partial charge in [0.05, 0.1) is 17.9 Å². The highest BCUT2D eigenvalue weighted by atomic mass is 32.1. The summed E-state index contributed by atoms with van der Waals surface area (Å²) in [5.41, 5.74) is 1.18. The predicted octanol–water partition coefficient (Wildman–Crippen LogP) is 3.09. The molecule has 29 heavy (non-hydrogen) atoms. The Morgan fingerprint density at radius 3 is 2.48 bits per heavy atom. The Hall–Kier alpha value is -2.25. The fraction of sp³-hybridized carbons (Fsp3) is 0.409. The third-order valence-corrected chi connectivity index (χ3v) is 8.88. The van der Waals surface area contributed by atoms with Crippen LogP contribution in [-0.4, -0.2) is 40.6 Å². The number of nitrogens with zero attached hydrogens (tertiary/aromatic N) is 2. The Labute approximate surface area is 176 Å². The first-order valence-corrected chi connectivity index (χ1v) is 11.8. The van der Waals surface area contributed by atoms with Crippen LogP contribution in [0, 0.1) is 23.7 Å². The molecule has 7 heteroatoms. The maximum atomic E-state index is 13.4. The van der Waals surface area contributed by atoms with Crippen molar-refractivity contribution in [3.8, 4) is 0 Å². The molecule has 2 fully saturated rings. The molecule has 5 nitrogen and oxygen atoms in total. The highest BCUT2D eigenvalue weighted by molar-refractivity contribution is 7.10. The molecule has 2 aromatic rings. The zero-order valence-electron chi connectivity index (χ0n) is 15.7. The van der Waals surface area contributed by atoms with Gasteiger partial charge in [-0.25, -0.2) is 0 Å². The minimum atomic E-state index is -0.247. The van der Waals surface area contributed by atoms with E-state index in [1.807, 2.05) is 16.3 Å². The number of hydrogen-bond donors (Lipinski definition) is 0. The van der Waals surface area contributed by atoms with Gasteiger partial charge in [-0.05, 0) is 53.1 Å². The van der Waals surface area contributed by atoms with Crippen molar-refractivity contribution in [3.05, 3.63) is 56.4 Å². The maximum absolute atomic E-state index is 13.4. The summed E-state index contributed by atoms with van der Waals surface area (Å²) >= 11 is 3.37. The molecule has 5 unspecified atom stereocenters. The SMILES string of the molecule is O=C1C2C3C=CC(C3)C2C(=O)N1CC(=O)N1CCc2sccc2C1c1cccs1. The molecular weight excluding hydrogens is 404 g/mol. The highest BCUT2D eigenvalue weighted by Crippen LogP contribution is 2.52. The van der Waals surface area contributed by atoms with Gasteiger partial charge >= 0.3 is 0 Å². The lowest BCUT2D eigenvalue weighted by molar-refractivity contribution is -0.147. The molecule has 4 aliphatic rings. The van der Waals surface area contributed by atoms with E-state index in [4.69, 9.17) is 0 Å². The molecule has 2 aliphatic carbocycles. The average Bonchev–Trinajstić information content (AvgIpc) is 3.53. The van der Waals surface area contributed by atoms with E-state index in [2.05, 4.69) is 29.7 Å². The molecular formula is C22H20N2O3S2. The minimum absolute atomic E-state index is 0.123. The van der Waals surface area contributed by atoms with Crippen LogP contribution in [0.25, 0.3) is 0 Å². The van der Waals surface area contributed by atoms with Gasteiger partial charge in [0.1, 0.15) is 6.54 Å². The second-order valence-corrected chi connectivity index (χ2v) is 10.3. The fourth-order valence-electron chi connectivity index (χ4n) is 5.68. The predicted molar refractivity (Wildman–Crippen MR) is 110 cm³/mol. The number of fused-ring (bicyclic) bond motifs is 6. The number of carbonyl (C=O) groups is 3. The van der Waals surface area contributed by atoms with E-state index in [0.717, 1.165) is 17.7 Å². The van der Waals surface area contributed by atoms with E-state index < -0.39 is 0 Å². The van der Waals surface area contributed by atoms with E-state index in [9.17, 15) is 14.4 Å². The van der Waals surface area contributed by atoms with Gasteiger partial charge in [0.15, 0.2) is 0 Å². The van der Waals surface area contributed by atoms with Gasteiger partial charge in [-0.15, -0.1) is 22.7 Å². The Bertz CT molecular complexity index is 1010. The van der Waals surface area contributed by atoms with E-state index in [1.165, 1.54) is 15.3 Å². The van der Waals surface area contributed by atoms with Crippen LogP contribution in [0.3, 0.4) is 0 Å². The van der Waals surface area contributed by atoms with Crippen LogP contribution in [0.5, 0.6) is 0 Å². The molecule has 0 radical (unpaired) electrons. The molecule has 5 atom stereocenters. The molecule has 1 saturated carbocycles. The second-order valence-electron chi connectivity index (χ2n) is 8.32. The summed E-state index contributed by atoms with van der Waals surface area (Å²) in [5.74, 6) is -0.585. The first-order valence-electron chi connectivity index (χ1n) is 10.1. The number of amides is 3. The van der Waals surface area contributed by atoms with Crippen LogP contribution in [-0.2, 0) is 20.8 Å². The lowest BCUT2D eigenvalue weighted by atomic mass is 9.85. The van der Waals surface area contributed by atoms with Crippen LogP contribution in [0.15, 0.2) is 41.1 Å². The van der Waals surface area contributed by atoms with E-state index in [-0.39, 0.29) is 54.0 Å². The summed E-state index contributed by atoms with van der Waals surface area (Å²) in [4.78, 5) is 44.9. The van der Waals surface area contributed by atoms with Crippen LogP contribution >= 0.6 is 22.7 Å². The van der Waals surface area contributed by atoms with Crippen molar-refractivity contribution in [2.24, 2.45) is 23.7 Å². The highest BCUT2D eigenvalue weighted by Gasteiger charge is 2.59. The molecule has 6 rings (SSSR count). The zero-order chi connectivity index (χ0) is 19.7. The monoisotopic (exact) mass is 424 g/mol. The molecule has 2 bridgehead atoms. The quantitative estimate of drug-likeness (QED) is 0.562. The van der Waals surface area contributed by atoms with E-state index in [0.29, 0.717) is 6.54 Å². The smallest absolute Gasteiger partial charge is 0.243 e. The molecule has 3 amide bonds. The summed E-state index contributed by atoms with van der Waals surface area (Å²) in [5, 5.41) is 4.10. The summed E-state index contributed by atoms with van der Waals surface area (Å²) < 4.78 is 0. The number of rotatable bonds is 3. The molecule has 0 spiro atoms. The molecule has 148 valence electrons. The zero-order valence-corrected chi connectivity index (χ0v) is 17.3. The van der Waals surface area contributed by atoms with Gasteiger partial charge in [-0.1, -0.05) is 18.2 Å². The molecule has 1 saturated heterocycles. The summed E-state index contributed by atoms with van der Waals surface area (Å²) in [6.07, 6.45) is 5.89. The average molecular weight is 425 g/mol. The lowest BCUT2D eigenvalue weighted by Crippen LogP contribution is -2.47. The van der Waals surface area contributed by atoms with Crippen molar-refractivity contribution >= 4 is 40.4 Å². The fourth-order valence-corrected chi connectivity index (χ4v) is 7.44. The van der Waals surface area contributed by atoms with Gasteiger partial charge in [-0.2, -0.15) is 0 Å². The van der Waals surface area contributed by atoms with Crippen molar-refractivity contribution in [3.63, 3.8) is 0 Å². The number of allylic oxidation sites excluding steroid dienone is 2. The molecule has 2 aliphatic heterocycles. The Morgan fingerprint density at radius 1 is 1.03 bits per heavy atom. The molecule has 0 N–H and O–H groups in total. The number of carbonyl (C=O) groups excluding carboxylic acids is 3. The van der Waals surface area contributed by atoms with Crippen molar-refractivity contribution in [1.29, 1.82) is 0 Å². The van der Waals surface area contributed by atoms with Crippen LogP contribution in [0.1, 0.15) is 27.8 Å². The van der Waals surface area contributed by atoms with Gasteiger partial charge < -0.3 is 4.90 Å². The van der Waals surface area contributed by atoms with Crippen LogP contribution in [0.4, 0.5) is 0 Å². The lowest BCUT2D eigenvalue weighted by Gasteiger charge is -2.36. The molecule has 4 heterocycles. The van der Waals surface area contributed by atoms with Gasteiger partial charge in [0, 0.05) is 16.3 Å². The number of thiophene rings is 2. The summed E-state index contributed by atoms with van der Waals surface area (Å²) in [7, 11) is 0. The van der Waals surface area contributed by atoms with Crippen molar-refractivity contribution in [1.82, 2.24) is 9.80 Å². The van der Waals surface area contributed by atoms with Gasteiger partial charge in [-0.3, -0.25) is 19.3 Å². The Balaban J connectivity index is 1.27. The van der Waals surface area contributed by atoms with Gasteiger partial charge in [0.2, 0.25) is 17.7 Å². The second kappa shape index (κ2) is 6.37. The van der Waals surface area contributed by atoms with Crippen LogP contribution < -0.4 is 0 Å². The summed E-state index contributed by atoms with van der Waals surface area (Å²) in [6, 6.07) is 6.04.